The van der Waals surface area contributed by atoms with E-state index in [1.54, 1.807) is 6.08 Å². The molecule has 2 aliphatic rings. The molecule has 1 atom stereocenters. The maximum Gasteiger partial charge on any atom is 0.328 e. The molecule has 0 aromatic carbocycles. The topological polar surface area (TPSA) is 75.3 Å². The number of urea groups is 1. The van der Waals surface area contributed by atoms with Crippen molar-refractivity contribution in [2.75, 3.05) is 0 Å². The molecule has 4 amide bonds. The van der Waals surface area contributed by atoms with Crippen LogP contribution >= 0.6 is 0 Å². The highest BCUT2D eigenvalue weighted by atomic mass is 16.2. The molecule has 5 nitrogen and oxygen atoms in total. The number of nitrogens with one attached hydrogen (secondary N) is 2. The average molecular weight is 234 g/mol. The largest absolute Gasteiger partial charge is 0.328 e. The van der Waals surface area contributed by atoms with Crippen LogP contribution in [0.1, 0.15) is 19.3 Å². The highest BCUT2D eigenvalue weighted by Gasteiger charge is 2.54. The summed E-state index contributed by atoms with van der Waals surface area (Å²) in [5.41, 5.74) is -1.22. The fourth-order valence-electron chi connectivity index (χ4n) is 2.51. The Morgan fingerprint density at radius 2 is 2.00 bits per heavy atom. The van der Waals surface area contributed by atoms with Crippen LogP contribution in [0.5, 0.6) is 0 Å². The predicted octanol–water partition coefficient (Wildman–Crippen LogP) is 0.881. The van der Waals surface area contributed by atoms with E-state index in [-0.39, 0.29) is 12.3 Å². The smallest absolute Gasteiger partial charge is 0.277 e. The Morgan fingerprint density at radius 1 is 1.35 bits per heavy atom. The number of carbonyl (C=O) groups excluding carboxylic acids is 3. The van der Waals surface area contributed by atoms with Gasteiger partial charge in [0.25, 0.3) is 0 Å². The van der Waals surface area contributed by atoms with Gasteiger partial charge >= 0.3 is 6.03 Å². The minimum absolute atomic E-state index is 0.173. The molecule has 1 aliphatic carbocycles. The van der Waals surface area contributed by atoms with E-state index in [1.165, 1.54) is 0 Å². The number of imide groups is 2. The third-order valence-corrected chi connectivity index (χ3v) is 3.38. The van der Waals surface area contributed by atoms with Gasteiger partial charge in [0.1, 0.15) is 5.41 Å². The Bertz CT molecular complexity index is 405. The van der Waals surface area contributed by atoms with Crippen molar-refractivity contribution < 1.29 is 14.4 Å². The summed E-state index contributed by atoms with van der Waals surface area (Å²) >= 11 is 0. The van der Waals surface area contributed by atoms with Gasteiger partial charge in [-0.3, -0.25) is 20.2 Å². The first kappa shape index (κ1) is 11.6. The molecule has 90 valence electrons. The monoisotopic (exact) mass is 234 g/mol. The number of carbonyl (C=O) groups is 3. The molecule has 0 aromatic heterocycles. The standard InChI is InChI=1S/C12H14N2O3/c1-2-7-12(8-5-3-4-6-8)9(15)13-11(17)14-10(12)16/h2-3,5,8H,1,4,6-7H2,(H2,13,14,15,16,17)/t8-/m1/s1. The van der Waals surface area contributed by atoms with Gasteiger partial charge in [-0.25, -0.2) is 4.79 Å². The van der Waals surface area contributed by atoms with Crippen LogP contribution in [-0.4, -0.2) is 17.8 Å². The zero-order chi connectivity index (χ0) is 12.5. The molecule has 2 rings (SSSR count). The molecule has 17 heavy (non-hydrogen) atoms. The molecule has 0 radical (unpaired) electrons. The number of hydrogen-bond donors (Lipinski definition) is 2. The SMILES string of the molecule is C=CCC1([C@@H]2C=CCC2)C(=O)NC(=O)NC1=O. The van der Waals surface area contributed by atoms with Crippen molar-refractivity contribution in [3.05, 3.63) is 24.8 Å². The summed E-state index contributed by atoms with van der Waals surface area (Å²) in [5.74, 6) is -1.22. The van der Waals surface area contributed by atoms with E-state index in [1.807, 2.05) is 12.2 Å². The van der Waals surface area contributed by atoms with Crippen LogP contribution in [-0.2, 0) is 9.59 Å². The quantitative estimate of drug-likeness (QED) is 0.562. The van der Waals surface area contributed by atoms with Crippen LogP contribution < -0.4 is 10.6 Å². The number of hydrogen-bond acceptors (Lipinski definition) is 3. The summed E-state index contributed by atoms with van der Waals surface area (Å²) in [7, 11) is 0. The first-order valence-corrected chi connectivity index (χ1v) is 5.55. The molecular weight excluding hydrogens is 220 g/mol. The predicted molar refractivity (Wildman–Crippen MR) is 60.8 cm³/mol. The highest BCUT2D eigenvalue weighted by Crippen LogP contribution is 2.40. The molecule has 1 saturated heterocycles. The average Bonchev–Trinajstić information content (AvgIpc) is 2.77. The Kier molecular flexibility index (Phi) is 2.83. The van der Waals surface area contributed by atoms with Gasteiger partial charge in [-0.15, -0.1) is 6.58 Å². The maximum atomic E-state index is 12.0. The number of rotatable bonds is 3. The van der Waals surface area contributed by atoms with E-state index < -0.39 is 23.3 Å². The van der Waals surface area contributed by atoms with E-state index in [0.717, 1.165) is 12.8 Å². The van der Waals surface area contributed by atoms with Crippen LogP contribution in [0.4, 0.5) is 4.79 Å². The molecule has 5 heteroatoms. The summed E-state index contributed by atoms with van der Waals surface area (Å²) < 4.78 is 0. The minimum Gasteiger partial charge on any atom is -0.277 e. The second kappa shape index (κ2) is 4.16. The van der Waals surface area contributed by atoms with E-state index in [2.05, 4.69) is 17.2 Å². The summed E-state index contributed by atoms with van der Waals surface area (Å²) in [6, 6.07) is -0.748. The lowest BCUT2D eigenvalue weighted by Gasteiger charge is -2.37. The lowest BCUT2D eigenvalue weighted by molar-refractivity contribution is -0.147. The van der Waals surface area contributed by atoms with Gasteiger partial charge in [-0.1, -0.05) is 18.2 Å². The molecule has 1 heterocycles. The van der Waals surface area contributed by atoms with Crippen molar-refractivity contribution >= 4 is 17.8 Å². The van der Waals surface area contributed by atoms with E-state index in [9.17, 15) is 14.4 Å². The van der Waals surface area contributed by atoms with E-state index >= 15 is 0 Å². The van der Waals surface area contributed by atoms with Gasteiger partial charge in [0, 0.05) is 5.92 Å². The molecular formula is C12H14N2O3. The Labute approximate surface area is 98.9 Å². The first-order valence-electron chi connectivity index (χ1n) is 5.55. The van der Waals surface area contributed by atoms with Gasteiger partial charge in [0.05, 0.1) is 0 Å². The molecule has 1 fully saturated rings. The van der Waals surface area contributed by atoms with E-state index in [0.29, 0.717) is 0 Å². The van der Waals surface area contributed by atoms with Crippen LogP contribution in [0.3, 0.4) is 0 Å². The van der Waals surface area contributed by atoms with Crippen LogP contribution in [0.2, 0.25) is 0 Å². The zero-order valence-corrected chi connectivity index (χ0v) is 9.36. The van der Waals surface area contributed by atoms with Crippen LogP contribution in [0, 0.1) is 11.3 Å². The molecule has 0 bridgehead atoms. The lowest BCUT2D eigenvalue weighted by atomic mass is 9.70. The number of barbiturate groups is 1. The molecule has 0 spiro atoms. The number of amides is 4. The van der Waals surface area contributed by atoms with Gasteiger partial charge in [0.2, 0.25) is 11.8 Å². The first-order chi connectivity index (χ1) is 8.11. The highest BCUT2D eigenvalue weighted by molar-refractivity contribution is 6.19. The third-order valence-electron chi connectivity index (χ3n) is 3.38. The second-order valence-electron chi connectivity index (χ2n) is 4.31. The molecule has 0 unspecified atom stereocenters. The Hall–Kier alpha value is -1.91. The summed E-state index contributed by atoms with van der Waals surface area (Å²) in [6.07, 6.45) is 7.18. The molecule has 2 N–H and O–H groups in total. The van der Waals surface area contributed by atoms with Crippen LogP contribution in [0.15, 0.2) is 24.8 Å². The van der Waals surface area contributed by atoms with Gasteiger partial charge < -0.3 is 0 Å². The molecule has 1 aliphatic heterocycles. The van der Waals surface area contributed by atoms with Crippen molar-refractivity contribution in [3.8, 4) is 0 Å². The second-order valence-corrected chi connectivity index (χ2v) is 4.31. The third kappa shape index (κ3) is 1.67. The number of allylic oxidation sites excluding steroid dienone is 3. The summed E-state index contributed by atoms with van der Waals surface area (Å²) in [5, 5.41) is 4.34. The fourth-order valence-corrected chi connectivity index (χ4v) is 2.51. The van der Waals surface area contributed by atoms with Crippen LogP contribution in [0.25, 0.3) is 0 Å². The maximum absolute atomic E-state index is 12.0. The van der Waals surface area contributed by atoms with Crippen molar-refractivity contribution in [2.45, 2.75) is 19.3 Å². The van der Waals surface area contributed by atoms with E-state index in [4.69, 9.17) is 0 Å². The Morgan fingerprint density at radius 3 is 2.47 bits per heavy atom. The summed E-state index contributed by atoms with van der Waals surface area (Å²) in [6.45, 7) is 3.59. The van der Waals surface area contributed by atoms with Gasteiger partial charge in [0.15, 0.2) is 0 Å². The fraction of sp³-hybridized carbons (Fsp3) is 0.417. The van der Waals surface area contributed by atoms with Crippen molar-refractivity contribution in [1.82, 2.24) is 10.6 Å². The van der Waals surface area contributed by atoms with Crippen molar-refractivity contribution in [3.63, 3.8) is 0 Å². The van der Waals surface area contributed by atoms with Crippen molar-refractivity contribution in [2.24, 2.45) is 11.3 Å². The Balaban J connectivity index is 2.40. The zero-order valence-electron chi connectivity index (χ0n) is 9.36. The summed E-state index contributed by atoms with van der Waals surface area (Å²) in [4.78, 5) is 35.2. The lowest BCUT2D eigenvalue weighted by Crippen LogP contribution is -2.64. The minimum atomic E-state index is -1.22. The van der Waals surface area contributed by atoms with Gasteiger partial charge in [-0.2, -0.15) is 0 Å². The molecule has 0 saturated carbocycles. The van der Waals surface area contributed by atoms with Crippen molar-refractivity contribution in [1.29, 1.82) is 0 Å². The molecule has 0 aromatic rings. The normalized spacial score (nSPS) is 26.6. The van der Waals surface area contributed by atoms with Gasteiger partial charge in [-0.05, 0) is 19.3 Å².